The standard InChI is InChI=1S/C14H19NO3/c1-17-11-14(8-5-9-14)15-13(16)18-10-12-6-3-2-4-7-12/h2-4,6-7H,5,8-11H2,1H3,(H,15,16). The van der Waals surface area contributed by atoms with Gasteiger partial charge in [-0.2, -0.15) is 0 Å². The Morgan fingerprint density at radius 3 is 2.61 bits per heavy atom. The summed E-state index contributed by atoms with van der Waals surface area (Å²) in [7, 11) is 1.65. The van der Waals surface area contributed by atoms with Gasteiger partial charge in [0.15, 0.2) is 0 Å². The molecule has 0 atom stereocenters. The van der Waals surface area contributed by atoms with Crippen LogP contribution in [0.2, 0.25) is 0 Å². The Morgan fingerprint density at radius 1 is 1.33 bits per heavy atom. The summed E-state index contributed by atoms with van der Waals surface area (Å²) in [5, 5.41) is 2.91. The minimum Gasteiger partial charge on any atom is -0.445 e. The zero-order valence-corrected chi connectivity index (χ0v) is 10.6. The molecule has 1 N–H and O–H groups in total. The lowest BCUT2D eigenvalue weighted by Crippen LogP contribution is -2.56. The SMILES string of the molecule is COCC1(NC(=O)OCc2ccccc2)CCC1. The quantitative estimate of drug-likeness (QED) is 0.872. The molecule has 1 amide bonds. The lowest BCUT2D eigenvalue weighted by Gasteiger charge is -2.41. The highest BCUT2D eigenvalue weighted by molar-refractivity contribution is 5.68. The van der Waals surface area contributed by atoms with Crippen LogP contribution in [0, 0.1) is 0 Å². The molecule has 1 fully saturated rings. The monoisotopic (exact) mass is 249 g/mol. The summed E-state index contributed by atoms with van der Waals surface area (Å²) >= 11 is 0. The molecule has 0 unspecified atom stereocenters. The van der Waals surface area contributed by atoms with Crippen molar-refractivity contribution in [1.82, 2.24) is 5.32 Å². The van der Waals surface area contributed by atoms with Crippen LogP contribution in [0.4, 0.5) is 4.79 Å². The molecular weight excluding hydrogens is 230 g/mol. The molecule has 1 aliphatic rings. The van der Waals surface area contributed by atoms with Crippen LogP contribution >= 0.6 is 0 Å². The smallest absolute Gasteiger partial charge is 0.407 e. The van der Waals surface area contributed by atoms with Gasteiger partial charge in [0.25, 0.3) is 0 Å². The highest BCUT2D eigenvalue weighted by Gasteiger charge is 2.38. The third kappa shape index (κ3) is 3.23. The molecule has 4 nitrogen and oxygen atoms in total. The van der Waals surface area contributed by atoms with Crippen LogP contribution in [0.1, 0.15) is 24.8 Å². The van der Waals surface area contributed by atoms with E-state index in [1.807, 2.05) is 30.3 Å². The highest BCUT2D eigenvalue weighted by Crippen LogP contribution is 2.32. The predicted octanol–water partition coefficient (Wildman–Crippen LogP) is 2.48. The van der Waals surface area contributed by atoms with Crippen molar-refractivity contribution < 1.29 is 14.3 Å². The van der Waals surface area contributed by atoms with Crippen LogP contribution < -0.4 is 5.32 Å². The number of carbonyl (C=O) groups excluding carboxylic acids is 1. The molecule has 98 valence electrons. The Labute approximate surface area is 107 Å². The van der Waals surface area contributed by atoms with E-state index >= 15 is 0 Å². The van der Waals surface area contributed by atoms with Gasteiger partial charge in [-0.3, -0.25) is 0 Å². The van der Waals surface area contributed by atoms with Gasteiger partial charge in [-0.05, 0) is 24.8 Å². The molecule has 1 aromatic rings. The van der Waals surface area contributed by atoms with E-state index in [1.54, 1.807) is 7.11 Å². The Kier molecular flexibility index (Phi) is 4.20. The summed E-state index contributed by atoms with van der Waals surface area (Å²) in [4.78, 5) is 11.7. The molecule has 0 aliphatic heterocycles. The second-order valence-corrected chi connectivity index (χ2v) is 4.75. The number of carbonyl (C=O) groups is 1. The van der Waals surface area contributed by atoms with Gasteiger partial charge < -0.3 is 14.8 Å². The van der Waals surface area contributed by atoms with Crippen molar-refractivity contribution in [3.63, 3.8) is 0 Å². The van der Waals surface area contributed by atoms with Crippen LogP contribution in [0.15, 0.2) is 30.3 Å². The summed E-state index contributed by atoms with van der Waals surface area (Å²) < 4.78 is 10.3. The van der Waals surface area contributed by atoms with Crippen molar-refractivity contribution in [2.75, 3.05) is 13.7 Å². The van der Waals surface area contributed by atoms with E-state index in [0.717, 1.165) is 24.8 Å². The van der Waals surface area contributed by atoms with Gasteiger partial charge in [-0.15, -0.1) is 0 Å². The van der Waals surface area contributed by atoms with Crippen LogP contribution in [-0.4, -0.2) is 25.3 Å². The molecule has 0 heterocycles. The number of rotatable bonds is 5. The fourth-order valence-electron chi connectivity index (χ4n) is 2.16. The molecule has 4 heteroatoms. The molecular formula is C14H19NO3. The number of amides is 1. The van der Waals surface area contributed by atoms with Gasteiger partial charge in [0, 0.05) is 7.11 Å². The summed E-state index contributed by atoms with van der Waals surface area (Å²) in [5.74, 6) is 0. The number of hydrogen-bond donors (Lipinski definition) is 1. The number of benzene rings is 1. The first-order valence-corrected chi connectivity index (χ1v) is 6.22. The van der Waals surface area contributed by atoms with E-state index in [9.17, 15) is 4.79 Å². The minimum atomic E-state index is -0.365. The second-order valence-electron chi connectivity index (χ2n) is 4.75. The molecule has 0 radical (unpaired) electrons. The largest absolute Gasteiger partial charge is 0.445 e. The van der Waals surface area contributed by atoms with Crippen LogP contribution in [0.3, 0.4) is 0 Å². The van der Waals surface area contributed by atoms with Crippen molar-refractivity contribution in [1.29, 1.82) is 0 Å². The number of hydrogen-bond acceptors (Lipinski definition) is 3. The van der Waals surface area contributed by atoms with Crippen molar-refractivity contribution in [3.8, 4) is 0 Å². The molecule has 0 saturated heterocycles. The zero-order valence-electron chi connectivity index (χ0n) is 10.6. The number of ether oxygens (including phenoxy) is 2. The van der Waals surface area contributed by atoms with E-state index in [4.69, 9.17) is 9.47 Å². The lowest BCUT2D eigenvalue weighted by molar-refractivity contribution is 0.0470. The highest BCUT2D eigenvalue weighted by atomic mass is 16.5. The minimum absolute atomic E-state index is 0.206. The normalized spacial score (nSPS) is 16.7. The maximum atomic E-state index is 11.7. The summed E-state index contributed by atoms with van der Waals surface area (Å²) in [6.45, 7) is 0.850. The Morgan fingerprint density at radius 2 is 2.06 bits per heavy atom. The molecule has 2 rings (SSSR count). The molecule has 18 heavy (non-hydrogen) atoms. The summed E-state index contributed by atoms with van der Waals surface area (Å²) in [6.07, 6.45) is 2.68. The van der Waals surface area contributed by atoms with Gasteiger partial charge in [0.1, 0.15) is 6.61 Å². The van der Waals surface area contributed by atoms with Crippen molar-refractivity contribution in [2.24, 2.45) is 0 Å². The van der Waals surface area contributed by atoms with E-state index in [1.165, 1.54) is 0 Å². The van der Waals surface area contributed by atoms with Gasteiger partial charge in [-0.25, -0.2) is 4.79 Å². The van der Waals surface area contributed by atoms with Crippen molar-refractivity contribution in [2.45, 2.75) is 31.4 Å². The maximum absolute atomic E-state index is 11.7. The molecule has 1 saturated carbocycles. The lowest BCUT2D eigenvalue weighted by atomic mass is 9.77. The van der Waals surface area contributed by atoms with Gasteiger partial charge in [0.05, 0.1) is 12.1 Å². The fourth-order valence-corrected chi connectivity index (χ4v) is 2.16. The number of methoxy groups -OCH3 is 1. The molecule has 1 aromatic carbocycles. The van der Waals surface area contributed by atoms with Gasteiger partial charge in [-0.1, -0.05) is 30.3 Å². The van der Waals surface area contributed by atoms with E-state index in [0.29, 0.717) is 13.2 Å². The van der Waals surface area contributed by atoms with Crippen molar-refractivity contribution in [3.05, 3.63) is 35.9 Å². The third-order valence-electron chi connectivity index (χ3n) is 3.31. The average molecular weight is 249 g/mol. The van der Waals surface area contributed by atoms with Crippen LogP contribution in [-0.2, 0) is 16.1 Å². The summed E-state index contributed by atoms with van der Waals surface area (Å²) in [6, 6.07) is 9.65. The average Bonchev–Trinajstić information content (AvgIpc) is 2.35. The third-order valence-corrected chi connectivity index (χ3v) is 3.31. The molecule has 0 spiro atoms. The van der Waals surface area contributed by atoms with Crippen LogP contribution in [0.5, 0.6) is 0 Å². The Bertz CT molecular complexity index is 387. The van der Waals surface area contributed by atoms with Crippen molar-refractivity contribution >= 4 is 6.09 Å². The zero-order chi connectivity index (χ0) is 12.8. The number of nitrogens with one attached hydrogen (secondary N) is 1. The fraction of sp³-hybridized carbons (Fsp3) is 0.500. The maximum Gasteiger partial charge on any atom is 0.407 e. The van der Waals surface area contributed by atoms with E-state index < -0.39 is 0 Å². The Balaban J connectivity index is 1.78. The first-order valence-electron chi connectivity index (χ1n) is 6.22. The summed E-state index contributed by atoms with van der Waals surface area (Å²) in [5.41, 5.74) is 0.782. The van der Waals surface area contributed by atoms with Gasteiger partial charge in [0.2, 0.25) is 0 Å². The Hall–Kier alpha value is -1.55. The topological polar surface area (TPSA) is 47.6 Å². The molecule has 0 bridgehead atoms. The van der Waals surface area contributed by atoms with Crippen LogP contribution in [0.25, 0.3) is 0 Å². The van der Waals surface area contributed by atoms with E-state index in [2.05, 4.69) is 5.32 Å². The first-order chi connectivity index (χ1) is 8.74. The molecule has 1 aliphatic carbocycles. The van der Waals surface area contributed by atoms with E-state index in [-0.39, 0.29) is 11.6 Å². The number of alkyl carbamates (subject to hydrolysis) is 1. The molecule has 0 aromatic heterocycles. The predicted molar refractivity (Wildman–Crippen MR) is 68.2 cm³/mol. The van der Waals surface area contributed by atoms with Gasteiger partial charge >= 0.3 is 6.09 Å². The first kappa shape index (κ1) is 12.9. The second kappa shape index (κ2) is 5.87.